The smallest absolute Gasteiger partial charge is 0.0269 e. The van der Waals surface area contributed by atoms with Crippen LogP contribution in [0.5, 0.6) is 0 Å². The van der Waals surface area contributed by atoms with Gasteiger partial charge in [0.15, 0.2) is 0 Å². The van der Waals surface area contributed by atoms with E-state index in [2.05, 4.69) is 56.8 Å². The summed E-state index contributed by atoms with van der Waals surface area (Å²) in [5, 5.41) is 10.6. The summed E-state index contributed by atoms with van der Waals surface area (Å²) in [5.74, 6) is 6.46. The summed E-state index contributed by atoms with van der Waals surface area (Å²) in [5.41, 5.74) is 7.98. The van der Waals surface area contributed by atoms with E-state index in [4.69, 9.17) is 5.73 Å². The standard InChI is InChI=1S/C31H58N4.C3H6.3C2H6.CH4/c1-22-11-12-30(4)25(19-22)7-8-29-28(30)10-9-27-26(23(2)21-31(27,29)5)20-24(3)35-18-17-34-15-6-14-33-16-13-32;1-3-2;3*1-2;/h22-23,25-29,33-35H,3,6-21,32H2,1-2,4-5H3;3H,1H2,2H3;3*1-2H3;1H4. The molecule has 4 fully saturated rings. The van der Waals surface area contributed by atoms with Gasteiger partial charge in [-0.1, -0.05) is 95.7 Å². The van der Waals surface area contributed by atoms with Crippen molar-refractivity contribution in [1.29, 1.82) is 0 Å². The van der Waals surface area contributed by atoms with Crippen molar-refractivity contribution < 1.29 is 0 Å². The molecule has 5 N–H and O–H groups in total. The van der Waals surface area contributed by atoms with E-state index in [0.717, 1.165) is 87.1 Å². The SMILES string of the molecule is C.C=C(CC1C(C)CC2(C)C1CCC1C2CCC2CC(C)CCC21C)NCCNCCCNCCN.C=CC.CC.CC.CC. The third kappa shape index (κ3) is 12.9. The van der Waals surface area contributed by atoms with Gasteiger partial charge < -0.3 is 21.7 Å². The zero-order chi connectivity index (χ0) is 33.8. The van der Waals surface area contributed by atoms with E-state index >= 15 is 0 Å². The molecule has 0 heterocycles. The third-order valence-corrected chi connectivity index (χ3v) is 11.6. The van der Waals surface area contributed by atoms with Crippen LogP contribution in [0.4, 0.5) is 0 Å². The van der Waals surface area contributed by atoms with Gasteiger partial charge in [-0.05, 0) is 130 Å². The predicted octanol–water partition coefficient (Wildman–Crippen LogP) is 10.5. The summed E-state index contributed by atoms with van der Waals surface area (Å²) in [4.78, 5) is 0. The first-order valence-electron chi connectivity index (χ1n) is 19.3. The van der Waals surface area contributed by atoms with Crippen molar-refractivity contribution in [2.75, 3.05) is 39.3 Å². The van der Waals surface area contributed by atoms with Crippen LogP contribution in [0.25, 0.3) is 0 Å². The molecule has 4 heteroatoms. The monoisotopic (exact) mass is 635 g/mol. The summed E-state index contributed by atoms with van der Waals surface area (Å²) < 4.78 is 0. The molecule has 45 heavy (non-hydrogen) atoms. The Hall–Kier alpha value is -0.840. The predicted molar refractivity (Wildman–Crippen MR) is 207 cm³/mol. The van der Waals surface area contributed by atoms with Gasteiger partial charge in [0.05, 0.1) is 0 Å². The summed E-state index contributed by atoms with van der Waals surface area (Å²) in [7, 11) is 0. The highest BCUT2D eigenvalue weighted by molar-refractivity contribution is 5.12. The molecular formula is C41H86N4. The fraction of sp³-hybridized carbons (Fsp3) is 0.902. The highest BCUT2D eigenvalue weighted by Gasteiger charge is 2.61. The first-order valence-corrected chi connectivity index (χ1v) is 19.3. The molecule has 0 spiro atoms. The Bertz CT molecular complexity index is 737. The largest absolute Gasteiger partial charge is 0.388 e. The van der Waals surface area contributed by atoms with Crippen LogP contribution in [-0.4, -0.2) is 39.3 Å². The summed E-state index contributed by atoms with van der Waals surface area (Å²) in [6.45, 7) is 38.0. The maximum Gasteiger partial charge on any atom is 0.0269 e. The van der Waals surface area contributed by atoms with E-state index in [1.54, 1.807) is 6.08 Å². The van der Waals surface area contributed by atoms with Crippen LogP contribution in [0.1, 0.15) is 148 Å². The van der Waals surface area contributed by atoms with E-state index in [0.29, 0.717) is 10.8 Å². The quantitative estimate of drug-likeness (QED) is 0.127. The second-order valence-corrected chi connectivity index (χ2v) is 14.2. The highest BCUT2D eigenvalue weighted by atomic mass is 15.0. The Morgan fingerprint density at radius 3 is 1.93 bits per heavy atom. The molecule has 4 aliphatic rings. The maximum atomic E-state index is 5.51. The third-order valence-electron chi connectivity index (χ3n) is 11.6. The van der Waals surface area contributed by atoms with Crippen LogP contribution in [0.3, 0.4) is 0 Å². The molecule has 9 unspecified atom stereocenters. The molecule has 0 aliphatic heterocycles. The van der Waals surface area contributed by atoms with Crippen LogP contribution in [0.2, 0.25) is 0 Å². The van der Waals surface area contributed by atoms with Crippen molar-refractivity contribution in [1.82, 2.24) is 16.0 Å². The van der Waals surface area contributed by atoms with Gasteiger partial charge in [-0.3, -0.25) is 0 Å². The zero-order valence-electron chi connectivity index (χ0n) is 31.9. The van der Waals surface area contributed by atoms with Crippen molar-refractivity contribution in [3.8, 4) is 0 Å². The molecule has 4 rings (SSSR count). The highest BCUT2D eigenvalue weighted by Crippen LogP contribution is 2.69. The molecule has 0 aromatic heterocycles. The van der Waals surface area contributed by atoms with Gasteiger partial charge in [0.1, 0.15) is 0 Å². The van der Waals surface area contributed by atoms with Crippen LogP contribution in [-0.2, 0) is 0 Å². The zero-order valence-corrected chi connectivity index (χ0v) is 31.9. The normalized spacial score (nSPS) is 33.9. The van der Waals surface area contributed by atoms with Crippen LogP contribution in [0.15, 0.2) is 24.9 Å². The molecule has 0 amide bonds. The van der Waals surface area contributed by atoms with E-state index in [1.165, 1.54) is 63.5 Å². The van der Waals surface area contributed by atoms with E-state index in [9.17, 15) is 0 Å². The van der Waals surface area contributed by atoms with Gasteiger partial charge in [0.25, 0.3) is 0 Å². The minimum absolute atomic E-state index is 0. The average Bonchev–Trinajstić information content (AvgIpc) is 3.28. The summed E-state index contributed by atoms with van der Waals surface area (Å²) in [6, 6.07) is 0. The lowest BCUT2D eigenvalue weighted by molar-refractivity contribution is -0.127. The van der Waals surface area contributed by atoms with Crippen molar-refractivity contribution in [2.24, 2.45) is 58.0 Å². The molecule has 0 aromatic carbocycles. The number of rotatable bonds is 12. The molecule has 4 nitrogen and oxygen atoms in total. The lowest BCUT2D eigenvalue weighted by Crippen LogP contribution is -2.54. The van der Waals surface area contributed by atoms with Gasteiger partial charge >= 0.3 is 0 Å². The number of allylic oxidation sites excluding steroid dienone is 2. The van der Waals surface area contributed by atoms with Gasteiger partial charge in [-0.2, -0.15) is 0 Å². The van der Waals surface area contributed by atoms with Crippen LogP contribution in [0, 0.1) is 52.3 Å². The topological polar surface area (TPSA) is 62.1 Å². The minimum Gasteiger partial charge on any atom is -0.388 e. The molecule has 0 aromatic rings. The van der Waals surface area contributed by atoms with Gasteiger partial charge in [-0.25, -0.2) is 0 Å². The maximum absolute atomic E-state index is 5.51. The van der Waals surface area contributed by atoms with Crippen molar-refractivity contribution in [3.05, 3.63) is 24.9 Å². The number of hydrogen-bond donors (Lipinski definition) is 4. The molecule has 270 valence electrons. The molecule has 0 bridgehead atoms. The molecule has 0 saturated heterocycles. The molecular weight excluding hydrogens is 548 g/mol. The minimum atomic E-state index is 0. The Morgan fingerprint density at radius 1 is 0.800 bits per heavy atom. The first-order chi connectivity index (χ1) is 21.2. The van der Waals surface area contributed by atoms with Gasteiger partial charge in [0.2, 0.25) is 0 Å². The molecule has 4 saturated carbocycles. The Labute approximate surface area is 285 Å². The number of nitrogens with one attached hydrogen (secondary N) is 3. The fourth-order valence-electron chi connectivity index (χ4n) is 9.86. The molecule has 0 radical (unpaired) electrons. The average molecular weight is 635 g/mol. The van der Waals surface area contributed by atoms with Crippen molar-refractivity contribution in [3.63, 3.8) is 0 Å². The number of nitrogens with two attached hydrogens (primary N) is 1. The first kappa shape index (κ1) is 46.3. The van der Waals surface area contributed by atoms with Gasteiger partial charge in [-0.15, -0.1) is 6.58 Å². The van der Waals surface area contributed by atoms with E-state index in [1.807, 2.05) is 48.5 Å². The summed E-state index contributed by atoms with van der Waals surface area (Å²) in [6.07, 6.45) is 16.0. The van der Waals surface area contributed by atoms with Gasteiger partial charge in [0, 0.05) is 31.9 Å². The lowest BCUT2D eigenvalue weighted by Gasteiger charge is -2.62. The fourth-order valence-corrected chi connectivity index (χ4v) is 9.86. The van der Waals surface area contributed by atoms with Crippen molar-refractivity contribution in [2.45, 2.75) is 148 Å². The second-order valence-electron chi connectivity index (χ2n) is 14.2. The van der Waals surface area contributed by atoms with Crippen LogP contribution >= 0.6 is 0 Å². The second kappa shape index (κ2) is 25.2. The Morgan fingerprint density at radius 2 is 1.33 bits per heavy atom. The lowest BCUT2D eigenvalue weighted by atomic mass is 9.43. The Kier molecular flexibility index (Phi) is 25.9. The van der Waals surface area contributed by atoms with E-state index < -0.39 is 0 Å². The molecule has 4 aliphatic carbocycles. The molecule has 9 atom stereocenters. The van der Waals surface area contributed by atoms with Crippen LogP contribution < -0.4 is 21.7 Å². The summed E-state index contributed by atoms with van der Waals surface area (Å²) >= 11 is 0. The van der Waals surface area contributed by atoms with E-state index in [-0.39, 0.29) is 7.43 Å². The van der Waals surface area contributed by atoms with Crippen molar-refractivity contribution >= 4 is 0 Å². The number of hydrogen-bond acceptors (Lipinski definition) is 4. The Balaban J connectivity index is 0. The number of fused-ring (bicyclic) bond motifs is 5.